The van der Waals surface area contributed by atoms with Gasteiger partial charge in [-0.05, 0) is 44.4 Å². The van der Waals surface area contributed by atoms with Crippen LogP contribution in [0.4, 0.5) is 5.69 Å². The first-order valence-electron chi connectivity index (χ1n) is 10.8. The summed E-state index contributed by atoms with van der Waals surface area (Å²) in [6, 6.07) is 3.62. The first kappa shape index (κ1) is 26.7. The fraction of sp³-hybridized carbons (Fsp3) is 0.571. The van der Waals surface area contributed by atoms with Crippen LogP contribution in [0.25, 0.3) is 0 Å². The predicted molar refractivity (Wildman–Crippen MR) is 127 cm³/mol. The smallest absolute Gasteiger partial charge is 0.309 e. The van der Waals surface area contributed by atoms with Gasteiger partial charge < -0.3 is 10.1 Å². The highest BCUT2D eigenvalue weighted by Crippen LogP contribution is 2.28. The molecule has 4 unspecified atom stereocenters. The average molecular weight is 535 g/mol. The van der Waals surface area contributed by atoms with Crippen LogP contribution in [0.1, 0.15) is 25.3 Å². The average Bonchev–Trinajstić information content (AvgIpc) is 2.82. The summed E-state index contributed by atoms with van der Waals surface area (Å²) in [6.07, 6.45) is 1.09. The van der Waals surface area contributed by atoms with E-state index in [9.17, 15) is 22.8 Å². The number of amides is 2. The zero-order chi connectivity index (χ0) is 25.2. The number of piperidine rings is 1. The van der Waals surface area contributed by atoms with Crippen molar-refractivity contribution in [2.45, 2.75) is 48.4 Å². The van der Waals surface area contributed by atoms with Gasteiger partial charge >= 0.3 is 5.97 Å². The summed E-state index contributed by atoms with van der Waals surface area (Å²) in [5.74, 6) is -2.01. The minimum atomic E-state index is -3.92. The molecular weight excluding hydrogens is 507 g/mol. The van der Waals surface area contributed by atoms with Crippen molar-refractivity contribution in [2.24, 2.45) is 5.92 Å². The van der Waals surface area contributed by atoms with Crippen LogP contribution in [-0.2, 0) is 29.1 Å². The quantitative estimate of drug-likeness (QED) is 0.418. The molecule has 2 aliphatic heterocycles. The monoisotopic (exact) mass is 534 g/mol. The molecule has 188 valence electrons. The Kier molecular flexibility index (Phi) is 8.46. The number of anilines is 1. The number of aryl methyl sites for hydroxylation is 1. The molecule has 4 atom stereocenters. The number of nitrogens with one attached hydrogen (secondary N) is 2. The number of nitrogens with zero attached hydrogens (tertiary/aromatic N) is 2. The Morgan fingerprint density at radius 3 is 2.68 bits per heavy atom. The molecule has 2 aliphatic rings. The van der Waals surface area contributed by atoms with Gasteiger partial charge in [-0.3, -0.25) is 19.4 Å². The van der Waals surface area contributed by atoms with Crippen LogP contribution in [0.2, 0.25) is 0 Å². The highest BCUT2D eigenvalue weighted by Gasteiger charge is 2.39. The fourth-order valence-corrected chi connectivity index (χ4v) is 6.11. The lowest BCUT2D eigenvalue weighted by atomic mass is 10.0. The van der Waals surface area contributed by atoms with Crippen molar-refractivity contribution in [3.8, 4) is 0 Å². The number of methoxy groups -OCH3 is 1. The van der Waals surface area contributed by atoms with E-state index in [1.54, 1.807) is 19.1 Å². The first-order chi connectivity index (χ1) is 16.0. The maximum Gasteiger partial charge on any atom is 0.309 e. The van der Waals surface area contributed by atoms with Crippen LogP contribution in [0.5, 0.6) is 0 Å². The molecule has 2 amide bonds. The Morgan fingerprint density at radius 2 is 2.00 bits per heavy atom. The van der Waals surface area contributed by atoms with Gasteiger partial charge in [-0.25, -0.2) is 13.8 Å². The number of hydrazine groups is 1. The highest BCUT2D eigenvalue weighted by atomic mass is 35.5. The molecule has 13 heteroatoms. The Bertz CT molecular complexity index is 1070. The summed E-state index contributed by atoms with van der Waals surface area (Å²) >= 11 is 12.0. The molecule has 2 saturated heterocycles. The molecule has 0 spiro atoms. The third kappa shape index (κ3) is 5.49. The van der Waals surface area contributed by atoms with E-state index in [0.717, 1.165) is 5.01 Å². The predicted octanol–water partition coefficient (Wildman–Crippen LogP) is 1.46. The van der Waals surface area contributed by atoms with Crippen molar-refractivity contribution in [2.75, 3.05) is 32.1 Å². The zero-order valence-corrected chi connectivity index (χ0v) is 21.4. The van der Waals surface area contributed by atoms with Crippen molar-refractivity contribution in [1.29, 1.82) is 0 Å². The maximum atomic E-state index is 13.4. The SMILES string of the molecule is COC(=O)C1CCCN(S(=O)(=O)c2cc(NC(=O)C(C)N3NCC(Cl)C(Cl)C3=O)ccc2C)C1. The zero-order valence-electron chi connectivity index (χ0n) is 19.1. The molecule has 2 fully saturated rings. The molecule has 0 aliphatic carbocycles. The van der Waals surface area contributed by atoms with Crippen LogP contribution in [-0.4, -0.2) is 79.1 Å². The summed E-state index contributed by atoms with van der Waals surface area (Å²) in [7, 11) is -2.64. The Hall–Kier alpha value is -1.92. The Balaban J connectivity index is 1.77. The van der Waals surface area contributed by atoms with E-state index in [-0.39, 0.29) is 30.2 Å². The molecule has 10 nitrogen and oxygen atoms in total. The maximum absolute atomic E-state index is 13.4. The summed E-state index contributed by atoms with van der Waals surface area (Å²) in [5, 5.41) is 2.22. The van der Waals surface area contributed by atoms with Crippen LogP contribution >= 0.6 is 23.2 Å². The largest absolute Gasteiger partial charge is 0.469 e. The number of ether oxygens (including phenoxy) is 1. The van der Waals surface area contributed by atoms with E-state index in [2.05, 4.69) is 10.7 Å². The van der Waals surface area contributed by atoms with Crippen LogP contribution in [0, 0.1) is 12.8 Å². The van der Waals surface area contributed by atoms with Crippen molar-refractivity contribution >= 4 is 56.7 Å². The van der Waals surface area contributed by atoms with Crippen LogP contribution in [0.15, 0.2) is 23.1 Å². The number of hydrogen-bond acceptors (Lipinski definition) is 7. The Morgan fingerprint density at radius 1 is 1.29 bits per heavy atom. The molecular formula is C21H28Cl2N4O6S. The number of sulfonamides is 1. The molecule has 0 saturated carbocycles. The van der Waals surface area contributed by atoms with E-state index >= 15 is 0 Å². The van der Waals surface area contributed by atoms with Crippen molar-refractivity contribution in [3.63, 3.8) is 0 Å². The third-order valence-corrected chi connectivity index (χ3v) is 9.04. The number of esters is 1. The van der Waals surface area contributed by atoms with Gasteiger partial charge in [-0.15, -0.1) is 23.2 Å². The van der Waals surface area contributed by atoms with E-state index in [1.165, 1.54) is 24.4 Å². The van der Waals surface area contributed by atoms with Gasteiger partial charge in [0.25, 0.3) is 5.91 Å². The summed E-state index contributed by atoms with van der Waals surface area (Å²) in [4.78, 5) is 37.2. The topological polar surface area (TPSA) is 125 Å². The summed E-state index contributed by atoms with van der Waals surface area (Å²) in [5.41, 5.74) is 3.54. The Labute approximate surface area is 208 Å². The molecule has 2 heterocycles. The number of rotatable bonds is 6. The minimum Gasteiger partial charge on any atom is -0.469 e. The van der Waals surface area contributed by atoms with Crippen LogP contribution < -0.4 is 10.7 Å². The second kappa shape index (κ2) is 10.8. The van der Waals surface area contributed by atoms with Gasteiger partial charge in [0.1, 0.15) is 11.4 Å². The minimum absolute atomic E-state index is 0.0291. The van der Waals surface area contributed by atoms with Crippen molar-refractivity contribution < 1.29 is 27.5 Å². The second-order valence-corrected chi connectivity index (χ2v) is 11.3. The standard InChI is InChI=1S/C21H28Cl2N4O6S/c1-12-6-7-15(25-19(28)13(2)27-20(29)18(23)16(22)10-24-27)9-17(12)34(31,32)26-8-4-5-14(11-26)21(30)33-3/h6-7,9,13-14,16,18,24H,4-5,8,10-11H2,1-3H3,(H,25,28). The lowest BCUT2D eigenvalue weighted by Crippen LogP contribution is -2.62. The molecule has 0 bridgehead atoms. The highest BCUT2D eigenvalue weighted by molar-refractivity contribution is 7.89. The van der Waals surface area contributed by atoms with Crippen LogP contribution in [0.3, 0.4) is 0 Å². The van der Waals surface area contributed by atoms with Gasteiger partial charge in [0.05, 0.1) is 23.3 Å². The molecule has 3 rings (SSSR count). The molecule has 2 N–H and O–H groups in total. The number of halogens is 2. The third-order valence-electron chi connectivity index (χ3n) is 6.01. The number of benzene rings is 1. The molecule has 1 aromatic carbocycles. The van der Waals surface area contributed by atoms with E-state index in [1.807, 2.05) is 0 Å². The van der Waals surface area contributed by atoms with E-state index in [4.69, 9.17) is 27.9 Å². The number of carbonyl (C=O) groups is 3. The second-order valence-electron chi connectivity index (χ2n) is 8.36. The van der Waals surface area contributed by atoms with E-state index < -0.39 is 50.5 Å². The van der Waals surface area contributed by atoms with Gasteiger partial charge in [-0.2, -0.15) is 4.31 Å². The normalized spacial score (nSPS) is 25.0. The first-order valence-corrected chi connectivity index (χ1v) is 13.1. The summed E-state index contributed by atoms with van der Waals surface area (Å²) in [6.45, 7) is 3.71. The van der Waals surface area contributed by atoms with Crippen molar-refractivity contribution in [1.82, 2.24) is 14.7 Å². The van der Waals surface area contributed by atoms with Crippen molar-refractivity contribution in [3.05, 3.63) is 23.8 Å². The molecule has 34 heavy (non-hydrogen) atoms. The molecule has 1 aromatic rings. The van der Waals surface area contributed by atoms with Gasteiger partial charge in [-0.1, -0.05) is 6.07 Å². The lowest BCUT2D eigenvalue weighted by Gasteiger charge is -2.36. The summed E-state index contributed by atoms with van der Waals surface area (Å²) < 4.78 is 32.8. The van der Waals surface area contributed by atoms with Gasteiger partial charge in [0.15, 0.2) is 0 Å². The van der Waals surface area contributed by atoms with E-state index in [0.29, 0.717) is 18.4 Å². The number of hydrogen-bond donors (Lipinski definition) is 2. The number of carbonyl (C=O) groups excluding carboxylic acids is 3. The molecule has 0 aromatic heterocycles. The number of alkyl halides is 2. The fourth-order valence-electron chi connectivity index (χ4n) is 3.96. The van der Waals surface area contributed by atoms with Gasteiger partial charge in [0, 0.05) is 25.3 Å². The molecule has 0 radical (unpaired) electrons. The lowest BCUT2D eigenvalue weighted by molar-refractivity contribution is -0.146. The van der Waals surface area contributed by atoms with Gasteiger partial charge in [0.2, 0.25) is 15.9 Å².